The first-order valence-corrected chi connectivity index (χ1v) is 8.91. The van der Waals surface area contributed by atoms with Gasteiger partial charge in [-0.05, 0) is 22.9 Å². The van der Waals surface area contributed by atoms with Gasteiger partial charge in [-0.3, -0.25) is 4.79 Å². The second-order valence-electron chi connectivity index (χ2n) is 5.44. The molecule has 3 aromatic heterocycles. The number of aromatic nitrogens is 2. The Balaban J connectivity index is 1.63. The fourth-order valence-electron chi connectivity index (χ4n) is 3.18. The molecule has 1 aliphatic heterocycles. The molecule has 3 aromatic rings. The van der Waals surface area contributed by atoms with Crippen LogP contribution in [-0.4, -0.2) is 16.5 Å². The predicted octanol–water partition coefficient (Wildman–Crippen LogP) is 1.97. The van der Waals surface area contributed by atoms with Crippen molar-refractivity contribution in [2.45, 2.75) is 25.4 Å². The van der Waals surface area contributed by atoms with Crippen LogP contribution in [0.25, 0.3) is 10.2 Å². The van der Waals surface area contributed by atoms with Gasteiger partial charge in [0.15, 0.2) is 5.82 Å². The number of aromatic amines is 1. The van der Waals surface area contributed by atoms with Crippen LogP contribution >= 0.6 is 22.7 Å². The average molecular weight is 318 g/mol. The second kappa shape index (κ2) is 5.36. The molecule has 0 spiro atoms. The molecule has 0 bridgehead atoms. The van der Waals surface area contributed by atoms with Crippen LogP contribution in [0.5, 0.6) is 0 Å². The van der Waals surface area contributed by atoms with Crippen molar-refractivity contribution in [1.82, 2.24) is 9.97 Å². The molecule has 108 valence electrons. The highest BCUT2D eigenvalue weighted by Crippen LogP contribution is 2.23. The Labute approximate surface area is 130 Å². The van der Waals surface area contributed by atoms with E-state index in [0.717, 1.165) is 29.1 Å². The van der Waals surface area contributed by atoms with E-state index in [1.54, 1.807) is 0 Å². The first kappa shape index (κ1) is 13.2. The molecule has 4 heterocycles. The summed E-state index contributed by atoms with van der Waals surface area (Å²) in [7, 11) is 0. The lowest BCUT2D eigenvalue weighted by molar-refractivity contribution is -0.932. The summed E-state index contributed by atoms with van der Waals surface area (Å²) in [5, 5.41) is 4.07. The summed E-state index contributed by atoms with van der Waals surface area (Å²) in [6.07, 6.45) is 2.46. The van der Waals surface area contributed by atoms with Crippen molar-refractivity contribution in [1.29, 1.82) is 0 Å². The predicted molar refractivity (Wildman–Crippen MR) is 86.1 cm³/mol. The van der Waals surface area contributed by atoms with Gasteiger partial charge in [-0.2, -0.15) is 0 Å². The summed E-state index contributed by atoms with van der Waals surface area (Å²) in [6.45, 7) is 1.94. The topological polar surface area (TPSA) is 50.2 Å². The van der Waals surface area contributed by atoms with Gasteiger partial charge in [0.25, 0.3) is 5.56 Å². The van der Waals surface area contributed by atoms with E-state index in [2.05, 4.69) is 27.5 Å². The van der Waals surface area contributed by atoms with Gasteiger partial charge in [0.05, 0.1) is 16.9 Å². The SMILES string of the molecule is O=c1[nH]c(C[NH+]2CCC[C@@H]2c2cccs2)nc2ccsc12. The van der Waals surface area contributed by atoms with Gasteiger partial charge in [0, 0.05) is 12.8 Å². The van der Waals surface area contributed by atoms with Crippen molar-refractivity contribution in [3.05, 3.63) is 50.0 Å². The largest absolute Gasteiger partial charge is 0.322 e. The Bertz CT molecular complexity index is 806. The van der Waals surface area contributed by atoms with Gasteiger partial charge in [0.1, 0.15) is 17.3 Å². The van der Waals surface area contributed by atoms with E-state index in [1.807, 2.05) is 22.8 Å². The molecule has 21 heavy (non-hydrogen) atoms. The zero-order chi connectivity index (χ0) is 14.2. The Hall–Kier alpha value is -1.50. The minimum absolute atomic E-state index is 0.00345. The summed E-state index contributed by atoms with van der Waals surface area (Å²) in [5.74, 6) is 0.810. The normalized spacial score (nSPS) is 22.1. The lowest BCUT2D eigenvalue weighted by Crippen LogP contribution is -3.09. The molecule has 0 aliphatic carbocycles. The third kappa shape index (κ3) is 2.43. The molecule has 2 N–H and O–H groups in total. The first-order valence-electron chi connectivity index (χ1n) is 7.15. The van der Waals surface area contributed by atoms with E-state index in [-0.39, 0.29) is 5.56 Å². The molecule has 0 radical (unpaired) electrons. The number of hydrogen-bond donors (Lipinski definition) is 2. The fourth-order valence-corrected chi connectivity index (χ4v) is 4.82. The van der Waals surface area contributed by atoms with Crippen molar-refractivity contribution < 1.29 is 4.90 Å². The van der Waals surface area contributed by atoms with E-state index in [9.17, 15) is 4.79 Å². The number of likely N-dealkylation sites (tertiary alicyclic amines) is 1. The van der Waals surface area contributed by atoms with Crippen LogP contribution in [0, 0.1) is 0 Å². The second-order valence-corrected chi connectivity index (χ2v) is 7.34. The van der Waals surface area contributed by atoms with Crippen LogP contribution < -0.4 is 10.5 Å². The molecular weight excluding hydrogens is 302 g/mol. The van der Waals surface area contributed by atoms with Crippen LogP contribution in [0.15, 0.2) is 33.8 Å². The zero-order valence-corrected chi connectivity index (χ0v) is 13.1. The van der Waals surface area contributed by atoms with Gasteiger partial charge < -0.3 is 9.88 Å². The average Bonchev–Trinajstić information content (AvgIpc) is 3.19. The molecule has 0 amide bonds. The molecule has 1 fully saturated rings. The smallest absolute Gasteiger partial charge is 0.269 e. The lowest BCUT2D eigenvalue weighted by Gasteiger charge is -2.19. The Morgan fingerprint density at radius 3 is 3.14 bits per heavy atom. The number of quaternary nitrogens is 1. The molecule has 1 saturated heterocycles. The number of nitrogens with one attached hydrogen (secondary N) is 2. The van der Waals surface area contributed by atoms with Crippen molar-refractivity contribution in [3.8, 4) is 0 Å². The van der Waals surface area contributed by atoms with Crippen LogP contribution in [0.1, 0.15) is 29.6 Å². The Morgan fingerprint density at radius 2 is 2.29 bits per heavy atom. The van der Waals surface area contributed by atoms with Gasteiger partial charge >= 0.3 is 0 Å². The monoisotopic (exact) mass is 318 g/mol. The van der Waals surface area contributed by atoms with Crippen LogP contribution in [0.4, 0.5) is 0 Å². The summed E-state index contributed by atoms with van der Waals surface area (Å²) >= 11 is 3.28. The van der Waals surface area contributed by atoms with Gasteiger partial charge in [0.2, 0.25) is 0 Å². The van der Waals surface area contributed by atoms with Crippen LogP contribution in [0.2, 0.25) is 0 Å². The summed E-state index contributed by atoms with van der Waals surface area (Å²) in [5.41, 5.74) is 0.821. The molecule has 0 aromatic carbocycles. The highest BCUT2D eigenvalue weighted by Gasteiger charge is 2.31. The number of rotatable bonds is 3. The molecular formula is C15H16N3OS2+. The third-order valence-corrected chi connectivity index (χ3v) is 6.02. The van der Waals surface area contributed by atoms with Crippen molar-refractivity contribution >= 4 is 32.9 Å². The molecule has 1 aliphatic rings. The summed E-state index contributed by atoms with van der Waals surface area (Å²) in [6, 6.07) is 6.81. The molecule has 2 atom stereocenters. The van der Waals surface area contributed by atoms with E-state index in [4.69, 9.17) is 0 Å². The Kier molecular flexibility index (Phi) is 3.37. The maximum Gasteiger partial charge on any atom is 0.269 e. The minimum atomic E-state index is -0.00345. The lowest BCUT2D eigenvalue weighted by atomic mass is 10.2. The fraction of sp³-hybridized carbons (Fsp3) is 0.333. The van der Waals surface area contributed by atoms with E-state index < -0.39 is 0 Å². The standard InChI is InChI=1S/C15H15N3OS2/c19-15-14-10(5-8-21-14)16-13(17-15)9-18-6-1-3-11(18)12-4-2-7-20-12/h2,4-5,7-8,11H,1,3,6,9H2,(H,16,17,19)/p+1/t11-/m1/s1. The molecule has 1 unspecified atom stereocenters. The summed E-state index contributed by atoms with van der Waals surface area (Å²) < 4.78 is 0.727. The minimum Gasteiger partial charge on any atom is -0.322 e. The van der Waals surface area contributed by atoms with E-state index in [0.29, 0.717) is 6.04 Å². The molecule has 4 rings (SSSR count). The van der Waals surface area contributed by atoms with Crippen molar-refractivity contribution in [2.24, 2.45) is 0 Å². The number of fused-ring (bicyclic) bond motifs is 1. The number of hydrogen-bond acceptors (Lipinski definition) is 4. The van der Waals surface area contributed by atoms with Crippen LogP contribution in [-0.2, 0) is 6.54 Å². The zero-order valence-electron chi connectivity index (χ0n) is 11.5. The van der Waals surface area contributed by atoms with Gasteiger partial charge in [-0.1, -0.05) is 6.07 Å². The highest BCUT2D eigenvalue weighted by atomic mass is 32.1. The molecule has 4 nitrogen and oxygen atoms in total. The van der Waals surface area contributed by atoms with Crippen LogP contribution in [0.3, 0.4) is 0 Å². The maximum atomic E-state index is 12.1. The molecule has 0 saturated carbocycles. The number of thiophene rings is 2. The molecule has 6 heteroatoms. The Morgan fingerprint density at radius 1 is 1.33 bits per heavy atom. The third-order valence-electron chi connectivity index (χ3n) is 4.13. The van der Waals surface area contributed by atoms with Crippen molar-refractivity contribution in [3.63, 3.8) is 0 Å². The highest BCUT2D eigenvalue weighted by molar-refractivity contribution is 7.17. The summed E-state index contributed by atoms with van der Waals surface area (Å²) in [4.78, 5) is 22.6. The number of H-pyrrole nitrogens is 1. The van der Waals surface area contributed by atoms with E-state index >= 15 is 0 Å². The first-order chi connectivity index (χ1) is 10.3. The quantitative estimate of drug-likeness (QED) is 0.776. The van der Waals surface area contributed by atoms with Gasteiger partial charge in [-0.25, -0.2) is 4.98 Å². The number of nitrogens with zero attached hydrogens (tertiary/aromatic N) is 1. The van der Waals surface area contributed by atoms with E-state index in [1.165, 1.54) is 34.0 Å². The van der Waals surface area contributed by atoms with Crippen molar-refractivity contribution in [2.75, 3.05) is 6.54 Å². The maximum absolute atomic E-state index is 12.1. The van der Waals surface area contributed by atoms with Gasteiger partial charge in [-0.15, -0.1) is 22.7 Å².